The van der Waals surface area contributed by atoms with Gasteiger partial charge in [0.05, 0.1) is 31.5 Å². The Morgan fingerprint density at radius 3 is 2.70 bits per heavy atom. The van der Waals surface area contributed by atoms with Gasteiger partial charge in [0.15, 0.2) is 17.5 Å². The minimum Gasteiger partial charge on any atom is -0.493 e. The van der Waals surface area contributed by atoms with Crippen LogP contribution in [0, 0.1) is 0 Å². The first kappa shape index (κ1) is 18.4. The number of hydrogen-bond acceptors (Lipinski definition) is 4. The van der Waals surface area contributed by atoms with E-state index in [1.165, 1.54) is 19.3 Å². The van der Waals surface area contributed by atoms with Crippen molar-refractivity contribution < 1.29 is 14.2 Å². The van der Waals surface area contributed by atoms with Crippen molar-refractivity contribution >= 4 is 5.96 Å². The van der Waals surface area contributed by atoms with Gasteiger partial charge in [-0.25, -0.2) is 0 Å². The van der Waals surface area contributed by atoms with Crippen molar-refractivity contribution in [3.63, 3.8) is 0 Å². The summed E-state index contributed by atoms with van der Waals surface area (Å²) >= 11 is 0. The SMILES string of the molecule is CN=C(NCc1ccc(OC)c(OC2CCCC2)c1)NC1CC2CCC1O2. The summed E-state index contributed by atoms with van der Waals surface area (Å²) in [6.07, 6.45) is 9.28. The summed E-state index contributed by atoms with van der Waals surface area (Å²) in [6, 6.07) is 6.51. The lowest BCUT2D eigenvalue weighted by Crippen LogP contribution is -2.47. The largest absolute Gasteiger partial charge is 0.493 e. The summed E-state index contributed by atoms with van der Waals surface area (Å²) in [7, 11) is 3.50. The highest BCUT2D eigenvalue weighted by atomic mass is 16.5. The molecule has 2 bridgehead atoms. The standard InChI is InChI=1S/C21H31N3O3/c1-22-21(24-17-12-16-8-10-18(17)27-16)23-13-14-7-9-19(25-2)20(11-14)26-15-5-3-4-6-15/h7,9,11,15-18H,3-6,8,10,12-13H2,1-2H3,(H2,22,23,24). The summed E-state index contributed by atoms with van der Waals surface area (Å²) in [4.78, 5) is 4.37. The molecule has 6 heteroatoms. The van der Waals surface area contributed by atoms with Gasteiger partial charge < -0.3 is 24.8 Å². The van der Waals surface area contributed by atoms with E-state index < -0.39 is 0 Å². The molecular weight excluding hydrogens is 342 g/mol. The van der Waals surface area contributed by atoms with Gasteiger partial charge in [0.25, 0.3) is 0 Å². The maximum absolute atomic E-state index is 6.20. The third kappa shape index (κ3) is 4.32. The van der Waals surface area contributed by atoms with Crippen molar-refractivity contribution in [2.24, 2.45) is 4.99 Å². The normalized spacial score (nSPS) is 27.8. The molecule has 0 radical (unpaired) electrons. The molecule has 2 heterocycles. The number of aliphatic imine (C=N–C) groups is 1. The molecular formula is C21H31N3O3. The summed E-state index contributed by atoms with van der Waals surface area (Å²) in [6.45, 7) is 0.687. The third-order valence-electron chi connectivity index (χ3n) is 5.94. The van der Waals surface area contributed by atoms with Crippen LogP contribution >= 0.6 is 0 Å². The lowest BCUT2D eigenvalue weighted by molar-refractivity contribution is 0.0992. The van der Waals surface area contributed by atoms with Crippen LogP contribution in [0.1, 0.15) is 50.5 Å². The van der Waals surface area contributed by atoms with Crippen LogP contribution < -0.4 is 20.1 Å². The van der Waals surface area contributed by atoms with Gasteiger partial charge in [-0.2, -0.15) is 0 Å². The molecule has 1 aromatic rings. The Labute approximate surface area is 161 Å². The van der Waals surface area contributed by atoms with Gasteiger partial charge >= 0.3 is 0 Å². The van der Waals surface area contributed by atoms with Crippen LogP contribution in [0.5, 0.6) is 11.5 Å². The fourth-order valence-electron chi connectivity index (χ4n) is 4.45. The number of hydrogen-bond donors (Lipinski definition) is 2. The molecule has 0 aromatic heterocycles. The van der Waals surface area contributed by atoms with Gasteiger partial charge in [0.2, 0.25) is 0 Å². The molecule has 1 aromatic carbocycles. The summed E-state index contributed by atoms with van der Waals surface area (Å²) in [5.74, 6) is 2.46. The second kappa shape index (κ2) is 8.38. The number of fused-ring (bicyclic) bond motifs is 2. The number of ether oxygens (including phenoxy) is 3. The molecule has 2 aliphatic heterocycles. The molecule has 2 saturated heterocycles. The van der Waals surface area contributed by atoms with E-state index >= 15 is 0 Å². The quantitative estimate of drug-likeness (QED) is 0.593. The fraction of sp³-hybridized carbons (Fsp3) is 0.667. The van der Waals surface area contributed by atoms with E-state index in [-0.39, 0.29) is 0 Å². The zero-order chi connectivity index (χ0) is 18.6. The number of rotatable bonds is 6. The molecule has 3 aliphatic rings. The zero-order valence-electron chi connectivity index (χ0n) is 16.4. The lowest BCUT2D eigenvalue weighted by atomic mass is 9.96. The highest BCUT2D eigenvalue weighted by molar-refractivity contribution is 5.80. The Balaban J connectivity index is 1.35. The topological polar surface area (TPSA) is 64.1 Å². The summed E-state index contributed by atoms with van der Waals surface area (Å²) in [5.41, 5.74) is 1.15. The smallest absolute Gasteiger partial charge is 0.191 e. The second-order valence-electron chi connectivity index (χ2n) is 7.80. The Kier molecular flexibility index (Phi) is 5.72. The molecule has 148 valence electrons. The second-order valence-corrected chi connectivity index (χ2v) is 7.80. The number of nitrogens with zero attached hydrogens (tertiary/aromatic N) is 1. The van der Waals surface area contributed by atoms with Crippen LogP contribution in [0.15, 0.2) is 23.2 Å². The number of nitrogens with one attached hydrogen (secondary N) is 2. The van der Waals surface area contributed by atoms with Gasteiger partial charge in [-0.05, 0) is 62.6 Å². The van der Waals surface area contributed by atoms with E-state index in [2.05, 4.69) is 27.8 Å². The van der Waals surface area contributed by atoms with Gasteiger partial charge in [-0.3, -0.25) is 4.99 Å². The van der Waals surface area contributed by atoms with Crippen molar-refractivity contribution in [1.82, 2.24) is 10.6 Å². The van der Waals surface area contributed by atoms with E-state index in [1.54, 1.807) is 7.11 Å². The van der Waals surface area contributed by atoms with Gasteiger partial charge in [-0.15, -0.1) is 0 Å². The first-order valence-corrected chi connectivity index (χ1v) is 10.2. The van der Waals surface area contributed by atoms with E-state index in [0.29, 0.717) is 30.9 Å². The molecule has 2 N–H and O–H groups in total. The fourth-order valence-corrected chi connectivity index (χ4v) is 4.45. The van der Waals surface area contributed by atoms with E-state index in [1.807, 2.05) is 13.1 Å². The minimum absolute atomic E-state index is 0.314. The molecule has 3 fully saturated rings. The van der Waals surface area contributed by atoms with Crippen LogP contribution in [-0.4, -0.2) is 44.5 Å². The van der Waals surface area contributed by atoms with Crippen LogP contribution in [-0.2, 0) is 11.3 Å². The third-order valence-corrected chi connectivity index (χ3v) is 5.94. The zero-order valence-corrected chi connectivity index (χ0v) is 16.4. The monoisotopic (exact) mass is 373 g/mol. The summed E-state index contributed by atoms with van der Waals surface area (Å²) in [5, 5.41) is 6.94. The first-order valence-electron chi connectivity index (χ1n) is 10.2. The predicted molar refractivity (Wildman–Crippen MR) is 106 cm³/mol. The molecule has 1 saturated carbocycles. The molecule has 0 amide bonds. The van der Waals surface area contributed by atoms with Gasteiger partial charge in [-0.1, -0.05) is 6.07 Å². The number of methoxy groups -OCH3 is 1. The first-order chi connectivity index (χ1) is 13.2. The van der Waals surface area contributed by atoms with Crippen molar-refractivity contribution in [3.05, 3.63) is 23.8 Å². The number of benzene rings is 1. The van der Waals surface area contributed by atoms with Crippen LogP contribution in [0.2, 0.25) is 0 Å². The van der Waals surface area contributed by atoms with Gasteiger partial charge in [0.1, 0.15) is 0 Å². The predicted octanol–water partition coefficient (Wildman–Crippen LogP) is 3.00. The molecule has 3 unspecified atom stereocenters. The molecule has 0 spiro atoms. The van der Waals surface area contributed by atoms with E-state index in [4.69, 9.17) is 14.2 Å². The molecule has 27 heavy (non-hydrogen) atoms. The maximum atomic E-state index is 6.20. The van der Waals surface area contributed by atoms with Crippen molar-refractivity contribution in [3.8, 4) is 11.5 Å². The molecule has 3 atom stereocenters. The van der Waals surface area contributed by atoms with Crippen LogP contribution in [0.3, 0.4) is 0 Å². The minimum atomic E-state index is 0.314. The van der Waals surface area contributed by atoms with Crippen LogP contribution in [0.25, 0.3) is 0 Å². The molecule has 4 rings (SSSR count). The molecule has 1 aliphatic carbocycles. The Hall–Kier alpha value is -1.95. The average molecular weight is 373 g/mol. The average Bonchev–Trinajstić information content (AvgIpc) is 3.44. The van der Waals surface area contributed by atoms with Gasteiger partial charge in [0, 0.05) is 13.6 Å². The number of guanidine groups is 1. The highest BCUT2D eigenvalue weighted by Gasteiger charge is 2.41. The summed E-state index contributed by atoms with van der Waals surface area (Å²) < 4.78 is 17.6. The Morgan fingerprint density at radius 2 is 2.04 bits per heavy atom. The maximum Gasteiger partial charge on any atom is 0.191 e. The van der Waals surface area contributed by atoms with Crippen molar-refractivity contribution in [2.45, 2.75) is 75.8 Å². The Morgan fingerprint density at radius 1 is 1.19 bits per heavy atom. The Bertz CT molecular complexity index is 673. The lowest BCUT2D eigenvalue weighted by Gasteiger charge is -2.23. The van der Waals surface area contributed by atoms with E-state index in [0.717, 1.165) is 48.7 Å². The van der Waals surface area contributed by atoms with Crippen LogP contribution in [0.4, 0.5) is 0 Å². The van der Waals surface area contributed by atoms with E-state index in [9.17, 15) is 0 Å². The molecule has 6 nitrogen and oxygen atoms in total. The van der Waals surface area contributed by atoms with Crippen molar-refractivity contribution in [2.75, 3.05) is 14.2 Å². The highest BCUT2D eigenvalue weighted by Crippen LogP contribution is 2.34. The van der Waals surface area contributed by atoms with Crippen molar-refractivity contribution in [1.29, 1.82) is 0 Å².